The van der Waals surface area contributed by atoms with Crippen molar-refractivity contribution >= 4 is 58.2 Å². The summed E-state index contributed by atoms with van der Waals surface area (Å²) >= 11 is 19.5. The number of nitrogens with zero attached hydrogens (tertiary/aromatic N) is 1. The lowest BCUT2D eigenvalue weighted by atomic mass is 10.1. The number of halogens is 2. The molecule has 2 heterocycles. The molecule has 3 rings (SSSR count). The van der Waals surface area contributed by atoms with Crippen molar-refractivity contribution in [1.29, 1.82) is 0 Å². The topological polar surface area (TPSA) is 20.7 Å². The van der Waals surface area contributed by atoms with E-state index in [2.05, 4.69) is 9.55 Å². The third-order valence-electron chi connectivity index (χ3n) is 3.28. The molecule has 1 atom stereocenters. The molecule has 0 saturated carbocycles. The van der Waals surface area contributed by atoms with Gasteiger partial charge in [-0.1, -0.05) is 23.2 Å². The molecule has 18 heavy (non-hydrogen) atoms. The zero-order chi connectivity index (χ0) is 12.7. The molecule has 1 fully saturated rings. The first-order valence-electron chi connectivity index (χ1n) is 5.80. The van der Waals surface area contributed by atoms with Gasteiger partial charge in [-0.3, -0.25) is 0 Å². The second-order valence-corrected chi connectivity index (χ2v) is 6.90. The first-order chi connectivity index (χ1) is 8.65. The number of nitrogens with one attached hydrogen (secondary N) is 1. The molecule has 0 amide bonds. The Balaban J connectivity index is 2.07. The van der Waals surface area contributed by atoms with E-state index in [9.17, 15) is 0 Å². The predicted octanol–water partition coefficient (Wildman–Crippen LogP) is 4.76. The van der Waals surface area contributed by atoms with Crippen LogP contribution in [-0.4, -0.2) is 21.1 Å². The molecule has 2 nitrogen and oxygen atoms in total. The van der Waals surface area contributed by atoms with Gasteiger partial charge in [0.15, 0.2) is 4.77 Å². The van der Waals surface area contributed by atoms with E-state index in [4.69, 9.17) is 35.4 Å². The Morgan fingerprint density at radius 1 is 1.39 bits per heavy atom. The van der Waals surface area contributed by atoms with E-state index in [1.165, 1.54) is 17.9 Å². The van der Waals surface area contributed by atoms with Crippen LogP contribution in [0.2, 0.25) is 10.0 Å². The molecule has 1 aliphatic rings. The molecule has 0 bridgehead atoms. The number of rotatable bonds is 2. The van der Waals surface area contributed by atoms with E-state index >= 15 is 0 Å². The highest BCUT2D eigenvalue weighted by Crippen LogP contribution is 2.30. The van der Waals surface area contributed by atoms with Gasteiger partial charge in [0.25, 0.3) is 0 Å². The van der Waals surface area contributed by atoms with Gasteiger partial charge in [-0.05, 0) is 48.2 Å². The van der Waals surface area contributed by atoms with Gasteiger partial charge in [-0.2, -0.15) is 11.8 Å². The van der Waals surface area contributed by atoms with Gasteiger partial charge in [0.05, 0.1) is 21.1 Å². The smallest absolute Gasteiger partial charge is 0.178 e. The SMILES string of the molecule is S=c1[nH]c2cc(Cl)c(Cl)cc2n1CC1CCSC1. The second kappa shape index (κ2) is 5.08. The van der Waals surface area contributed by atoms with Gasteiger partial charge in [0, 0.05) is 6.54 Å². The highest BCUT2D eigenvalue weighted by Gasteiger charge is 2.18. The number of fused-ring (bicyclic) bond motifs is 1. The van der Waals surface area contributed by atoms with Crippen molar-refractivity contribution < 1.29 is 0 Å². The van der Waals surface area contributed by atoms with E-state index in [1.807, 2.05) is 23.9 Å². The van der Waals surface area contributed by atoms with Crippen LogP contribution in [0.25, 0.3) is 11.0 Å². The van der Waals surface area contributed by atoms with Crippen LogP contribution < -0.4 is 0 Å². The van der Waals surface area contributed by atoms with Crippen LogP contribution in [0.15, 0.2) is 12.1 Å². The van der Waals surface area contributed by atoms with Gasteiger partial charge in [0.1, 0.15) is 0 Å². The summed E-state index contributed by atoms with van der Waals surface area (Å²) in [6.45, 7) is 0.962. The Morgan fingerprint density at radius 3 is 2.89 bits per heavy atom. The number of aromatic nitrogens is 2. The Bertz CT molecular complexity index is 641. The summed E-state index contributed by atoms with van der Waals surface area (Å²) in [7, 11) is 0. The van der Waals surface area contributed by atoms with Crippen molar-refractivity contribution in [3.05, 3.63) is 26.9 Å². The largest absolute Gasteiger partial charge is 0.331 e. The molecule has 1 N–H and O–H groups in total. The molecule has 0 aliphatic carbocycles. The summed E-state index contributed by atoms with van der Waals surface area (Å²) in [5, 5.41) is 1.14. The molecule has 1 unspecified atom stereocenters. The summed E-state index contributed by atoms with van der Waals surface area (Å²) in [6.07, 6.45) is 1.26. The Morgan fingerprint density at radius 2 is 2.17 bits per heavy atom. The minimum Gasteiger partial charge on any atom is -0.331 e. The van der Waals surface area contributed by atoms with E-state index in [-0.39, 0.29) is 0 Å². The maximum absolute atomic E-state index is 6.09. The third-order valence-corrected chi connectivity index (χ3v) is 5.56. The van der Waals surface area contributed by atoms with Crippen LogP contribution in [0, 0.1) is 10.7 Å². The van der Waals surface area contributed by atoms with Crippen molar-refractivity contribution in [1.82, 2.24) is 9.55 Å². The fraction of sp³-hybridized carbons (Fsp3) is 0.417. The molecule has 0 radical (unpaired) electrons. The van der Waals surface area contributed by atoms with Crippen molar-refractivity contribution in [3.8, 4) is 0 Å². The quantitative estimate of drug-likeness (QED) is 0.806. The first kappa shape index (κ1) is 12.9. The molecule has 1 saturated heterocycles. The average molecular weight is 319 g/mol. The maximum Gasteiger partial charge on any atom is 0.178 e. The summed E-state index contributed by atoms with van der Waals surface area (Å²) in [6, 6.07) is 3.74. The van der Waals surface area contributed by atoms with E-state index in [0.29, 0.717) is 16.0 Å². The van der Waals surface area contributed by atoms with Crippen molar-refractivity contribution in [2.24, 2.45) is 5.92 Å². The average Bonchev–Trinajstić information content (AvgIpc) is 2.92. The fourth-order valence-electron chi connectivity index (χ4n) is 2.32. The predicted molar refractivity (Wildman–Crippen MR) is 82.6 cm³/mol. The Hall–Kier alpha value is -0.160. The van der Waals surface area contributed by atoms with Crippen LogP contribution in [0.1, 0.15) is 6.42 Å². The van der Waals surface area contributed by atoms with Gasteiger partial charge in [-0.25, -0.2) is 0 Å². The van der Waals surface area contributed by atoms with Crippen LogP contribution in [0.3, 0.4) is 0 Å². The maximum atomic E-state index is 6.09. The summed E-state index contributed by atoms with van der Waals surface area (Å²) in [4.78, 5) is 3.20. The summed E-state index contributed by atoms with van der Waals surface area (Å²) < 4.78 is 2.89. The van der Waals surface area contributed by atoms with Crippen LogP contribution >= 0.6 is 47.2 Å². The second-order valence-electron chi connectivity index (χ2n) is 4.55. The molecule has 1 aromatic carbocycles. The molecular formula is C12H12Cl2N2S2. The molecule has 1 aromatic heterocycles. The van der Waals surface area contributed by atoms with Gasteiger partial charge >= 0.3 is 0 Å². The third kappa shape index (κ3) is 2.31. The number of H-pyrrole nitrogens is 1. The molecule has 1 aliphatic heterocycles. The fourth-order valence-corrected chi connectivity index (χ4v) is 4.20. The van der Waals surface area contributed by atoms with Crippen LogP contribution in [0.5, 0.6) is 0 Å². The summed E-state index contributed by atoms with van der Waals surface area (Å²) in [5.74, 6) is 3.18. The number of hydrogen-bond acceptors (Lipinski definition) is 2. The monoisotopic (exact) mass is 318 g/mol. The molecule has 6 heteroatoms. The Kier molecular flexibility index (Phi) is 3.63. The number of hydrogen-bond donors (Lipinski definition) is 1. The highest BCUT2D eigenvalue weighted by atomic mass is 35.5. The van der Waals surface area contributed by atoms with Gasteiger partial charge < -0.3 is 9.55 Å². The minimum atomic E-state index is 0.559. The lowest BCUT2D eigenvalue weighted by Crippen LogP contribution is -2.09. The summed E-state index contributed by atoms with van der Waals surface area (Å²) in [5.41, 5.74) is 2.01. The number of benzene rings is 1. The number of thioether (sulfide) groups is 1. The lowest BCUT2D eigenvalue weighted by Gasteiger charge is -2.10. The van der Waals surface area contributed by atoms with Crippen LogP contribution in [0.4, 0.5) is 0 Å². The van der Waals surface area contributed by atoms with E-state index in [1.54, 1.807) is 0 Å². The highest BCUT2D eigenvalue weighted by molar-refractivity contribution is 7.99. The van der Waals surface area contributed by atoms with Crippen LogP contribution in [-0.2, 0) is 6.54 Å². The standard InChI is InChI=1S/C12H12Cl2N2S2/c13-8-3-10-11(4-9(8)14)16(12(17)15-10)5-7-1-2-18-6-7/h3-4,7H,1-2,5-6H2,(H,15,17). The van der Waals surface area contributed by atoms with Crippen molar-refractivity contribution in [3.63, 3.8) is 0 Å². The normalized spacial score (nSPS) is 19.8. The zero-order valence-corrected chi connectivity index (χ0v) is 12.7. The molecule has 2 aromatic rings. The lowest BCUT2D eigenvalue weighted by molar-refractivity contribution is 0.497. The van der Waals surface area contributed by atoms with Gasteiger partial charge in [-0.15, -0.1) is 0 Å². The Labute approximate surface area is 125 Å². The molecule has 0 spiro atoms. The first-order valence-corrected chi connectivity index (χ1v) is 8.12. The number of imidazole rings is 1. The van der Waals surface area contributed by atoms with Gasteiger partial charge in [0.2, 0.25) is 0 Å². The zero-order valence-electron chi connectivity index (χ0n) is 9.58. The number of aromatic amines is 1. The molecule has 96 valence electrons. The minimum absolute atomic E-state index is 0.559. The van der Waals surface area contributed by atoms with E-state index < -0.39 is 0 Å². The molecular weight excluding hydrogens is 307 g/mol. The van der Waals surface area contributed by atoms with E-state index in [0.717, 1.165) is 22.3 Å². The van der Waals surface area contributed by atoms with Crippen molar-refractivity contribution in [2.45, 2.75) is 13.0 Å². The van der Waals surface area contributed by atoms with Crippen molar-refractivity contribution in [2.75, 3.05) is 11.5 Å².